The fourth-order valence-electron chi connectivity index (χ4n) is 3.13. The first-order chi connectivity index (χ1) is 12.0. The summed E-state index contributed by atoms with van der Waals surface area (Å²) in [6.45, 7) is 5.24. The highest BCUT2D eigenvalue weighted by atomic mass is 16.5. The third kappa shape index (κ3) is 4.50. The fourth-order valence-corrected chi connectivity index (χ4v) is 3.13. The van der Waals surface area contributed by atoms with Crippen LogP contribution in [0.3, 0.4) is 0 Å². The van der Waals surface area contributed by atoms with Gasteiger partial charge in [-0.05, 0) is 32.6 Å². The van der Waals surface area contributed by atoms with Crippen LogP contribution in [0.25, 0.3) is 0 Å². The lowest BCUT2D eigenvalue weighted by atomic mass is 10.1. The minimum atomic E-state index is -0.623. The number of rotatable bonds is 8. The van der Waals surface area contributed by atoms with Crippen LogP contribution >= 0.6 is 0 Å². The number of aromatic amines is 1. The Bertz CT molecular complexity index is 704. The van der Waals surface area contributed by atoms with E-state index in [4.69, 9.17) is 10.5 Å². The van der Waals surface area contributed by atoms with Crippen molar-refractivity contribution in [2.75, 3.05) is 23.8 Å². The van der Waals surface area contributed by atoms with Crippen molar-refractivity contribution < 1.29 is 9.53 Å². The van der Waals surface area contributed by atoms with Gasteiger partial charge in [-0.1, -0.05) is 13.3 Å². The first-order valence-corrected chi connectivity index (χ1v) is 9.04. The van der Waals surface area contributed by atoms with Crippen molar-refractivity contribution in [2.45, 2.75) is 65.0 Å². The molecule has 140 valence electrons. The Morgan fingerprint density at radius 3 is 2.76 bits per heavy atom. The summed E-state index contributed by atoms with van der Waals surface area (Å²) in [6.07, 6.45) is 4.65. The summed E-state index contributed by atoms with van der Waals surface area (Å²) in [7, 11) is 0. The van der Waals surface area contributed by atoms with Gasteiger partial charge in [-0.25, -0.2) is 4.79 Å². The van der Waals surface area contributed by atoms with E-state index in [2.05, 4.69) is 4.98 Å². The van der Waals surface area contributed by atoms with Gasteiger partial charge in [0.25, 0.3) is 5.56 Å². The molecular formula is C17H28N4O4. The third-order valence-corrected chi connectivity index (χ3v) is 4.54. The zero-order valence-corrected chi connectivity index (χ0v) is 15.0. The third-order valence-electron chi connectivity index (χ3n) is 4.54. The molecule has 25 heavy (non-hydrogen) atoms. The molecule has 0 saturated carbocycles. The van der Waals surface area contributed by atoms with Crippen molar-refractivity contribution in [3.8, 4) is 0 Å². The summed E-state index contributed by atoms with van der Waals surface area (Å²) in [4.78, 5) is 40.6. The second-order valence-electron chi connectivity index (χ2n) is 6.31. The molecule has 0 radical (unpaired) electrons. The number of H-pyrrole nitrogens is 1. The number of nitrogens with one attached hydrogen (secondary N) is 1. The van der Waals surface area contributed by atoms with Gasteiger partial charge in [0.1, 0.15) is 5.82 Å². The van der Waals surface area contributed by atoms with Crippen LogP contribution in [0.2, 0.25) is 0 Å². The van der Waals surface area contributed by atoms with Gasteiger partial charge in [-0.15, -0.1) is 0 Å². The van der Waals surface area contributed by atoms with Crippen molar-refractivity contribution in [1.82, 2.24) is 9.55 Å². The van der Waals surface area contributed by atoms with Crippen LogP contribution in [0.15, 0.2) is 9.59 Å². The minimum absolute atomic E-state index is 0.0505. The van der Waals surface area contributed by atoms with Gasteiger partial charge in [-0.3, -0.25) is 19.1 Å². The number of ether oxygens (including phenoxy) is 1. The van der Waals surface area contributed by atoms with E-state index in [1.807, 2.05) is 6.92 Å². The summed E-state index contributed by atoms with van der Waals surface area (Å²) in [5, 5.41) is 0. The summed E-state index contributed by atoms with van der Waals surface area (Å²) in [6, 6.07) is 0. The first-order valence-electron chi connectivity index (χ1n) is 9.04. The molecule has 0 aromatic carbocycles. The molecular weight excluding hydrogens is 324 g/mol. The van der Waals surface area contributed by atoms with E-state index in [1.165, 1.54) is 9.47 Å². The van der Waals surface area contributed by atoms with Crippen molar-refractivity contribution in [1.29, 1.82) is 0 Å². The van der Waals surface area contributed by atoms with Crippen molar-refractivity contribution in [2.24, 2.45) is 0 Å². The summed E-state index contributed by atoms with van der Waals surface area (Å²) < 4.78 is 6.87. The Morgan fingerprint density at radius 2 is 2.16 bits per heavy atom. The average Bonchev–Trinajstić information content (AvgIpc) is 3.09. The highest BCUT2D eigenvalue weighted by Gasteiger charge is 2.24. The Morgan fingerprint density at radius 1 is 1.40 bits per heavy atom. The molecule has 8 nitrogen and oxygen atoms in total. The number of hydrogen-bond donors (Lipinski definition) is 2. The maximum Gasteiger partial charge on any atom is 0.330 e. The van der Waals surface area contributed by atoms with Crippen LogP contribution in [0.4, 0.5) is 11.5 Å². The van der Waals surface area contributed by atoms with Gasteiger partial charge in [0, 0.05) is 26.1 Å². The molecule has 1 aliphatic rings. The van der Waals surface area contributed by atoms with E-state index in [0.29, 0.717) is 19.5 Å². The predicted octanol–water partition coefficient (Wildman–Crippen LogP) is 1.23. The van der Waals surface area contributed by atoms with E-state index in [9.17, 15) is 14.4 Å². The molecule has 3 N–H and O–H groups in total. The monoisotopic (exact) mass is 352 g/mol. The second kappa shape index (κ2) is 8.84. The lowest BCUT2D eigenvalue weighted by Crippen LogP contribution is -2.41. The molecule has 2 rings (SSSR count). The van der Waals surface area contributed by atoms with Gasteiger partial charge >= 0.3 is 5.69 Å². The maximum absolute atomic E-state index is 12.6. The van der Waals surface area contributed by atoms with E-state index >= 15 is 0 Å². The number of unbranched alkanes of at least 4 members (excludes halogenated alkanes) is 1. The Kier molecular flexibility index (Phi) is 6.81. The summed E-state index contributed by atoms with van der Waals surface area (Å²) >= 11 is 0. The molecule has 1 saturated heterocycles. The molecule has 0 bridgehead atoms. The molecule has 0 aliphatic carbocycles. The zero-order valence-electron chi connectivity index (χ0n) is 15.0. The van der Waals surface area contributed by atoms with Gasteiger partial charge in [0.15, 0.2) is 5.69 Å². The highest BCUT2D eigenvalue weighted by molar-refractivity contribution is 5.95. The number of amides is 1. The number of anilines is 2. The standard InChI is InChI=1S/C17H28N4O4/c1-3-5-10-21-15(18)14(16(23)19-17(21)24)20(4-2)13(22)9-8-12-7-6-11-25-12/h12H,3-11,18H2,1-2H3,(H,19,23,24). The molecule has 1 atom stereocenters. The number of carbonyl (C=O) groups is 1. The highest BCUT2D eigenvalue weighted by Crippen LogP contribution is 2.21. The summed E-state index contributed by atoms with van der Waals surface area (Å²) in [5.74, 6) is -0.134. The first kappa shape index (κ1) is 19.2. The topological polar surface area (TPSA) is 110 Å². The molecule has 1 fully saturated rings. The normalized spacial score (nSPS) is 17.0. The van der Waals surface area contributed by atoms with Crippen LogP contribution in [0.1, 0.15) is 52.4 Å². The molecule has 1 aromatic heterocycles. The van der Waals surface area contributed by atoms with Crippen molar-refractivity contribution in [3.05, 3.63) is 20.8 Å². The lowest BCUT2D eigenvalue weighted by Gasteiger charge is -2.23. The maximum atomic E-state index is 12.6. The molecule has 8 heteroatoms. The van der Waals surface area contributed by atoms with Crippen LogP contribution < -0.4 is 21.9 Å². The number of hydrogen-bond acceptors (Lipinski definition) is 5. The second-order valence-corrected chi connectivity index (χ2v) is 6.31. The number of aromatic nitrogens is 2. The molecule has 1 amide bonds. The van der Waals surface area contributed by atoms with E-state index in [-0.39, 0.29) is 29.9 Å². The van der Waals surface area contributed by atoms with Gasteiger partial charge in [-0.2, -0.15) is 0 Å². The van der Waals surface area contributed by atoms with Crippen molar-refractivity contribution >= 4 is 17.4 Å². The lowest BCUT2D eigenvalue weighted by molar-refractivity contribution is -0.119. The van der Waals surface area contributed by atoms with Gasteiger partial charge in [0.2, 0.25) is 5.91 Å². The molecule has 1 aliphatic heterocycles. The van der Waals surface area contributed by atoms with E-state index in [1.54, 1.807) is 6.92 Å². The molecule has 0 spiro atoms. The van der Waals surface area contributed by atoms with Crippen molar-refractivity contribution in [3.63, 3.8) is 0 Å². The van der Waals surface area contributed by atoms with E-state index in [0.717, 1.165) is 32.3 Å². The Labute approximate surface area is 147 Å². The number of nitrogen functional groups attached to an aromatic ring is 1. The Hall–Kier alpha value is -2.09. The van der Waals surface area contributed by atoms with Crippen LogP contribution in [-0.4, -0.2) is 34.7 Å². The quantitative estimate of drug-likeness (QED) is 0.731. The smallest absolute Gasteiger partial charge is 0.330 e. The van der Waals surface area contributed by atoms with Crippen LogP contribution in [0.5, 0.6) is 0 Å². The van der Waals surface area contributed by atoms with Gasteiger partial charge in [0.05, 0.1) is 6.10 Å². The molecule has 1 aromatic rings. The largest absolute Gasteiger partial charge is 0.383 e. The fraction of sp³-hybridized carbons (Fsp3) is 0.706. The molecule has 1 unspecified atom stereocenters. The molecule has 2 heterocycles. The van der Waals surface area contributed by atoms with E-state index < -0.39 is 11.2 Å². The SMILES string of the molecule is CCCCn1c(N)c(N(CC)C(=O)CCC2CCCO2)c(=O)[nH]c1=O. The van der Waals surface area contributed by atoms with Gasteiger partial charge < -0.3 is 15.4 Å². The Balaban J connectivity index is 2.24. The number of nitrogens with zero attached hydrogens (tertiary/aromatic N) is 2. The summed E-state index contributed by atoms with van der Waals surface area (Å²) in [5.41, 5.74) is 4.99. The average molecular weight is 352 g/mol. The predicted molar refractivity (Wildman–Crippen MR) is 96.9 cm³/mol. The number of nitrogens with two attached hydrogens (primary N) is 1. The number of carbonyl (C=O) groups excluding carboxylic acids is 1. The van der Waals surface area contributed by atoms with Crippen LogP contribution in [0, 0.1) is 0 Å². The van der Waals surface area contributed by atoms with Crippen LogP contribution in [-0.2, 0) is 16.1 Å². The minimum Gasteiger partial charge on any atom is -0.383 e. The zero-order chi connectivity index (χ0) is 18.4.